The highest BCUT2D eigenvalue weighted by molar-refractivity contribution is 5.97. The number of halogens is 1. The van der Waals surface area contributed by atoms with Crippen molar-refractivity contribution in [2.45, 2.75) is 39.2 Å². The first kappa shape index (κ1) is 16.5. The van der Waals surface area contributed by atoms with Crippen molar-refractivity contribution >= 4 is 11.8 Å². The van der Waals surface area contributed by atoms with Crippen LogP contribution in [0.25, 0.3) is 0 Å². The minimum atomic E-state index is -0.546. The third kappa shape index (κ3) is 4.06. The molecule has 0 bridgehead atoms. The van der Waals surface area contributed by atoms with Gasteiger partial charge in [0.2, 0.25) is 5.91 Å². The first-order valence-corrected chi connectivity index (χ1v) is 7.84. The molecule has 2 rings (SSSR count). The summed E-state index contributed by atoms with van der Waals surface area (Å²) in [5.74, 6) is -0.755. The number of hydrogen-bond acceptors (Lipinski definition) is 2. The first-order valence-electron chi connectivity index (χ1n) is 7.84. The van der Waals surface area contributed by atoms with Crippen LogP contribution in [0.3, 0.4) is 0 Å². The molecule has 1 aromatic rings. The molecule has 22 heavy (non-hydrogen) atoms. The summed E-state index contributed by atoms with van der Waals surface area (Å²) in [4.78, 5) is 26.7. The Hall–Kier alpha value is -1.91. The second-order valence-electron chi connectivity index (χ2n) is 6.09. The van der Waals surface area contributed by atoms with Crippen LogP contribution in [0.15, 0.2) is 24.3 Å². The molecule has 1 saturated heterocycles. The summed E-state index contributed by atoms with van der Waals surface area (Å²) < 4.78 is 12.9. The Labute approximate surface area is 130 Å². The van der Waals surface area contributed by atoms with Crippen LogP contribution >= 0.6 is 0 Å². The number of amides is 2. The highest BCUT2D eigenvalue weighted by Crippen LogP contribution is 2.14. The van der Waals surface area contributed by atoms with E-state index in [0.29, 0.717) is 5.56 Å². The van der Waals surface area contributed by atoms with Crippen LogP contribution in [0.2, 0.25) is 0 Å². The van der Waals surface area contributed by atoms with Gasteiger partial charge in [-0.3, -0.25) is 9.59 Å². The largest absolute Gasteiger partial charge is 0.341 e. The van der Waals surface area contributed by atoms with Gasteiger partial charge < -0.3 is 10.2 Å². The Kier molecular flexibility index (Phi) is 5.52. The number of nitrogens with one attached hydrogen (secondary N) is 1. The van der Waals surface area contributed by atoms with Gasteiger partial charge in [-0.2, -0.15) is 0 Å². The lowest BCUT2D eigenvalue weighted by atomic mass is 10.0. The van der Waals surface area contributed by atoms with Crippen molar-refractivity contribution in [1.29, 1.82) is 0 Å². The summed E-state index contributed by atoms with van der Waals surface area (Å²) in [5, 5.41) is 2.80. The van der Waals surface area contributed by atoms with Gasteiger partial charge in [0.15, 0.2) is 0 Å². The zero-order valence-corrected chi connectivity index (χ0v) is 13.1. The highest BCUT2D eigenvalue weighted by atomic mass is 19.1. The smallest absolute Gasteiger partial charge is 0.251 e. The van der Waals surface area contributed by atoms with Crippen LogP contribution in [-0.2, 0) is 4.79 Å². The van der Waals surface area contributed by atoms with Crippen molar-refractivity contribution in [3.63, 3.8) is 0 Å². The van der Waals surface area contributed by atoms with Crippen LogP contribution in [0.1, 0.15) is 43.5 Å². The molecular formula is C17H23FN2O2. The minimum absolute atomic E-state index is 0.00109. The fourth-order valence-electron chi connectivity index (χ4n) is 2.65. The van der Waals surface area contributed by atoms with Gasteiger partial charge in [0, 0.05) is 18.7 Å². The minimum Gasteiger partial charge on any atom is -0.341 e. The first-order chi connectivity index (χ1) is 10.5. The maximum atomic E-state index is 12.9. The van der Waals surface area contributed by atoms with E-state index in [0.717, 1.165) is 32.4 Å². The third-order valence-corrected chi connectivity index (χ3v) is 3.99. The maximum Gasteiger partial charge on any atom is 0.251 e. The highest BCUT2D eigenvalue weighted by Gasteiger charge is 2.29. The van der Waals surface area contributed by atoms with E-state index in [1.54, 1.807) is 0 Å². The van der Waals surface area contributed by atoms with Crippen molar-refractivity contribution in [1.82, 2.24) is 10.2 Å². The predicted octanol–water partition coefficient (Wildman–Crippen LogP) is 2.59. The van der Waals surface area contributed by atoms with Gasteiger partial charge in [-0.15, -0.1) is 0 Å². The fourth-order valence-corrected chi connectivity index (χ4v) is 2.65. The Bertz CT molecular complexity index is 522. The molecule has 0 radical (unpaired) electrons. The Morgan fingerprint density at radius 3 is 2.23 bits per heavy atom. The van der Waals surface area contributed by atoms with Gasteiger partial charge >= 0.3 is 0 Å². The third-order valence-electron chi connectivity index (χ3n) is 3.99. The van der Waals surface area contributed by atoms with E-state index in [1.165, 1.54) is 24.3 Å². The van der Waals surface area contributed by atoms with Gasteiger partial charge in [-0.1, -0.05) is 13.8 Å². The van der Waals surface area contributed by atoms with Crippen molar-refractivity contribution in [2.75, 3.05) is 13.1 Å². The molecule has 0 aliphatic carbocycles. The van der Waals surface area contributed by atoms with Crippen LogP contribution in [0, 0.1) is 11.7 Å². The van der Waals surface area contributed by atoms with Crippen molar-refractivity contribution in [2.24, 2.45) is 5.92 Å². The molecule has 1 aliphatic heterocycles. The molecule has 0 aromatic heterocycles. The van der Waals surface area contributed by atoms with E-state index < -0.39 is 6.04 Å². The van der Waals surface area contributed by atoms with Gasteiger partial charge in [0.05, 0.1) is 0 Å². The maximum absolute atomic E-state index is 12.9. The average molecular weight is 306 g/mol. The number of likely N-dealkylation sites (tertiary alicyclic amines) is 1. The van der Waals surface area contributed by atoms with Crippen LogP contribution in [0.4, 0.5) is 4.39 Å². The van der Waals surface area contributed by atoms with E-state index in [-0.39, 0.29) is 23.5 Å². The van der Waals surface area contributed by atoms with E-state index in [9.17, 15) is 14.0 Å². The van der Waals surface area contributed by atoms with Gasteiger partial charge in [0.25, 0.3) is 5.91 Å². The summed E-state index contributed by atoms with van der Waals surface area (Å²) in [6, 6.07) is 4.79. The normalized spacial score (nSPS) is 16.5. The van der Waals surface area contributed by atoms with Gasteiger partial charge in [0.1, 0.15) is 11.9 Å². The molecule has 120 valence electrons. The summed E-state index contributed by atoms with van der Waals surface area (Å²) in [5.41, 5.74) is 0.360. The molecule has 5 heteroatoms. The number of nitrogens with zero attached hydrogens (tertiary/aromatic N) is 1. The molecule has 1 aliphatic rings. The van der Waals surface area contributed by atoms with E-state index in [2.05, 4.69) is 5.32 Å². The van der Waals surface area contributed by atoms with Gasteiger partial charge in [-0.05, 0) is 49.4 Å². The molecule has 1 atom stereocenters. The van der Waals surface area contributed by atoms with Crippen LogP contribution in [-0.4, -0.2) is 35.8 Å². The summed E-state index contributed by atoms with van der Waals surface area (Å²) >= 11 is 0. The Morgan fingerprint density at radius 2 is 1.68 bits per heavy atom. The fraction of sp³-hybridized carbons (Fsp3) is 0.529. The molecule has 1 fully saturated rings. The van der Waals surface area contributed by atoms with Crippen LogP contribution in [0.5, 0.6) is 0 Å². The topological polar surface area (TPSA) is 49.4 Å². The molecular weight excluding hydrogens is 283 g/mol. The lowest BCUT2D eigenvalue weighted by molar-refractivity contribution is -0.135. The molecule has 2 amide bonds. The summed E-state index contributed by atoms with van der Waals surface area (Å²) in [6.07, 6.45) is 3.18. The zero-order valence-electron chi connectivity index (χ0n) is 13.1. The second-order valence-corrected chi connectivity index (χ2v) is 6.09. The Balaban J connectivity index is 2.06. The molecule has 1 heterocycles. The number of piperidine rings is 1. The number of hydrogen-bond donors (Lipinski definition) is 1. The van der Waals surface area contributed by atoms with E-state index in [1.807, 2.05) is 18.7 Å². The molecule has 4 nitrogen and oxygen atoms in total. The molecule has 0 unspecified atom stereocenters. The number of carbonyl (C=O) groups is 2. The SMILES string of the molecule is CC(C)[C@H](NC(=O)c1ccc(F)cc1)C(=O)N1CCCCC1. The number of benzene rings is 1. The lowest BCUT2D eigenvalue weighted by Crippen LogP contribution is -2.52. The molecule has 0 saturated carbocycles. The predicted molar refractivity (Wildman–Crippen MR) is 82.9 cm³/mol. The standard InChI is InChI=1S/C17H23FN2O2/c1-12(2)15(17(22)20-10-4-3-5-11-20)19-16(21)13-6-8-14(18)9-7-13/h6-9,12,15H,3-5,10-11H2,1-2H3,(H,19,21)/t15-/m0/s1. The van der Waals surface area contributed by atoms with Crippen molar-refractivity contribution in [3.05, 3.63) is 35.6 Å². The molecule has 1 N–H and O–H groups in total. The van der Waals surface area contributed by atoms with E-state index >= 15 is 0 Å². The zero-order chi connectivity index (χ0) is 16.1. The second kappa shape index (κ2) is 7.38. The monoisotopic (exact) mass is 306 g/mol. The molecule has 0 spiro atoms. The van der Waals surface area contributed by atoms with Crippen LogP contribution < -0.4 is 5.32 Å². The quantitative estimate of drug-likeness (QED) is 0.929. The average Bonchev–Trinajstić information content (AvgIpc) is 2.53. The summed E-state index contributed by atoms with van der Waals surface area (Å²) in [6.45, 7) is 5.35. The molecule has 1 aromatic carbocycles. The van der Waals surface area contributed by atoms with E-state index in [4.69, 9.17) is 0 Å². The number of carbonyl (C=O) groups excluding carboxylic acids is 2. The number of rotatable bonds is 4. The summed E-state index contributed by atoms with van der Waals surface area (Å²) in [7, 11) is 0. The van der Waals surface area contributed by atoms with Gasteiger partial charge in [-0.25, -0.2) is 4.39 Å². The van der Waals surface area contributed by atoms with Crippen molar-refractivity contribution in [3.8, 4) is 0 Å². The Morgan fingerprint density at radius 1 is 1.09 bits per heavy atom. The lowest BCUT2D eigenvalue weighted by Gasteiger charge is -2.32. The van der Waals surface area contributed by atoms with Crippen molar-refractivity contribution < 1.29 is 14.0 Å².